The Morgan fingerprint density at radius 2 is 2.14 bits per heavy atom. The third-order valence-corrected chi connectivity index (χ3v) is 6.62. The number of aromatic nitrogens is 5. The molecule has 7 nitrogen and oxygen atoms in total. The molecule has 4 rings (SSSR count). The van der Waals surface area contributed by atoms with E-state index in [0.29, 0.717) is 10.9 Å². The molecule has 0 saturated carbocycles. The van der Waals surface area contributed by atoms with Crippen LogP contribution in [0, 0.1) is 12.8 Å². The van der Waals surface area contributed by atoms with Crippen molar-refractivity contribution in [2.24, 2.45) is 5.92 Å². The second-order valence-corrected chi connectivity index (χ2v) is 9.42. The van der Waals surface area contributed by atoms with Gasteiger partial charge in [0.1, 0.15) is 5.15 Å². The second kappa shape index (κ2) is 8.07. The van der Waals surface area contributed by atoms with Crippen LogP contribution in [0.2, 0.25) is 5.15 Å². The van der Waals surface area contributed by atoms with Crippen molar-refractivity contribution in [1.29, 1.82) is 0 Å². The Bertz CT molecular complexity index is 1080. The van der Waals surface area contributed by atoms with Gasteiger partial charge in [-0.25, -0.2) is 4.98 Å². The third kappa shape index (κ3) is 3.80. The standard InChI is InChI=1S/C20H27ClN6OS/c1-5-7-14-10-16(28)27-19(22-14)29-20(24-27)25-9-6-8-15(25)17-13(4)23-26(18(17)21)11-12(2)3/h10,12,15H,5-9,11H2,1-4H3. The highest BCUT2D eigenvalue weighted by atomic mass is 35.5. The Morgan fingerprint density at radius 3 is 2.86 bits per heavy atom. The van der Waals surface area contributed by atoms with E-state index in [2.05, 4.69) is 40.9 Å². The molecule has 9 heteroatoms. The molecule has 0 aromatic carbocycles. The topological polar surface area (TPSA) is 68.3 Å². The van der Waals surface area contributed by atoms with Gasteiger partial charge in [-0.15, -0.1) is 5.10 Å². The normalized spacial score (nSPS) is 17.2. The van der Waals surface area contributed by atoms with Crippen molar-refractivity contribution in [3.63, 3.8) is 0 Å². The molecule has 1 fully saturated rings. The molecule has 0 N–H and O–H groups in total. The van der Waals surface area contributed by atoms with Crippen LogP contribution in [-0.4, -0.2) is 30.9 Å². The second-order valence-electron chi connectivity index (χ2n) is 8.13. The molecule has 0 bridgehead atoms. The zero-order valence-electron chi connectivity index (χ0n) is 17.4. The first kappa shape index (κ1) is 20.3. The lowest BCUT2D eigenvalue weighted by atomic mass is 10.1. The van der Waals surface area contributed by atoms with Gasteiger partial charge in [-0.2, -0.15) is 9.61 Å². The zero-order valence-corrected chi connectivity index (χ0v) is 18.9. The molecule has 1 atom stereocenters. The predicted octanol–water partition coefficient (Wildman–Crippen LogP) is 4.26. The molecule has 0 radical (unpaired) electrons. The van der Waals surface area contributed by atoms with Crippen molar-refractivity contribution in [2.75, 3.05) is 11.4 Å². The lowest BCUT2D eigenvalue weighted by molar-refractivity contribution is 0.481. The number of nitrogens with zero attached hydrogens (tertiary/aromatic N) is 6. The summed E-state index contributed by atoms with van der Waals surface area (Å²) >= 11 is 8.23. The van der Waals surface area contributed by atoms with Crippen LogP contribution in [0.1, 0.15) is 63.0 Å². The summed E-state index contributed by atoms with van der Waals surface area (Å²) in [6, 6.07) is 1.72. The van der Waals surface area contributed by atoms with Gasteiger partial charge in [-0.1, -0.05) is 50.1 Å². The van der Waals surface area contributed by atoms with E-state index >= 15 is 0 Å². The van der Waals surface area contributed by atoms with Gasteiger partial charge in [0.25, 0.3) is 5.56 Å². The largest absolute Gasteiger partial charge is 0.339 e. The van der Waals surface area contributed by atoms with Crippen LogP contribution >= 0.6 is 22.9 Å². The number of hydrogen-bond acceptors (Lipinski definition) is 6. The molecule has 3 aromatic rings. The summed E-state index contributed by atoms with van der Waals surface area (Å²) in [4.78, 5) is 20.0. The van der Waals surface area contributed by atoms with E-state index in [4.69, 9.17) is 11.6 Å². The minimum atomic E-state index is -0.115. The van der Waals surface area contributed by atoms with Crippen LogP contribution in [0.3, 0.4) is 0 Å². The van der Waals surface area contributed by atoms with Gasteiger partial charge in [0.05, 0.1) is 11.7 Å². The molecule has 1 saturated heterocycles. The summed E-state index contributed by atoms with van der Waals surface area (Å²) in [7, 11) is 0. The van der Waals surface area contributed by atoms with Crippen molar-refractivity contribution in [1.82, 2.24) is 24.4 Å². The number of halogens is 1. The van der Waals surface area contributed by atoms with Crippen LogP contribution in [-0.2, 0) is 13.0 Å². The minimum absolute atomic E-state index is 0.115. The van der Waals surface area contributed by atoms with E-state index < -0.39 is 0 Å². The summed E-state index contributed by atoms with van der Waals surface area (Å²) in [6.45, 7) is 10.1. The summed E-state index contributed by atoms with van der Waals surface area (Å²) in [5, 5.41) is 10.8. The Morgan fingerprint density at radius 1 is 1.34 bits per heavy atom. The number of rotatable bonds is 6. The molecule has 0 amide bonds. The third-order valence-electron chi connectivity index (χ3n) is 5.27. The van der Waals surface area contributed by atoms with Crippen molar-refractivity contribution >= 4 is 33.0 Å². The summed E-state index contributed by atoms with van der Waals surface area (Å²) in [5.74, 6) is 0.471. The van der Waals surface area contributed by atoms with E-state index in [-0.39, 0.29) is 11.6 Å². The minimum Gasteiger partial charge on any atom is -0.339 e. The summed E-state index contributed by atoms with van der Waals surface area (Å²) in [5.41, 5.74) is 2.76. The van der Waals surface area contributed by atoms with Gasteiger partial charge in [-0.3, -0.25) is 9.48 Å². The number of aryl methyl sites for hydroxylation is 2. The van der Waals surface area contributed by atoms with E-state index in [0.717, 1.165) is 66.0 Å². The zero-order chi connectivity index (χ0) is 20.7. The van der Waals surface area contributed by atoms with Crippen molar-refractivity contribution in [3.8, 4) is 0 Å². The van der Waals surface area contributed by atoms with Gasteiger partial charge >= 0.3 is 0 Å². The molecule has 0 spiro atoms. The van der Waals surface area contributed by atoms with Crippen LogP contribution in [0.15, 0.2) is 10.9 Å². The van der Waals surface area contributed by atoms with Gasteiger partial charge in [0, 0.05) is 30.4 Å². The first-order valence-corrected chi connectivity index (χ1v) is 11.5. The van der Waals surface area contributed by atoms with Crippen molar-refractivity contribution in [3.05, 3.63) is 38.5 Å². The maximum Gasteiger partial charge on any atom is 0.275 e. The lowest BCUT2D eigenvalue weighted by Crippen LogP contribution is -2.24. The van der Waals surface area contributed by atoms with Gasteiger partial charge < -0.3 is 4.90 Å². The predicted molar refractivity (Wildman–Crippen MR) is 117 cm³/mol. The maximum atomic E-state index is 12.5. The van der Waals surface area contributed by atoms with Gasteiger partial charge in [0.2, 0.25) is 10.1 Å². The van der Waals surface area contributed by atoms with E-state index in [1.54, 1.807) is 6.07 Å². The Balaban J connectivity index is 1.72. The first-order chi connectivity index (χ1) is 13.9. The van der Waals surface area contributed by atoms with E-state index in [1.807, 2.05) is 11.6 Å². The fourth-order valence-corrected chi connectivity index (χ4v) is 5.43. The van der Waals surface area contributed by atoms with Gasteiger partial charge in [-0.05, 0) is 32.1 Å². The fraction of sp³-hybridized carbons (Fsp3) is 0.600. The fourth-order valence-electron chi connectivity index (χ4n) is 4.05. The lowest BCUT2D eigenvalue weighted by Gasteiger charge is -2.23. The molecular weight excluding hydrogens is 408 g/mol. The number of fused-ring (bicyclic) bond motifs is 1. The average Bonchev–Trinajstić information content (AvgIpc) is 3.33. The Labute approximate surface area is 179 Å². The van der Waals surface area contributed by atoms with Crippen molar-refractivity contribution < 1.29 is 0 Å². The Kier molecular flexibility index (Phi) is 5.66. The molecule has 1 aliphatic rings. The SMILES string of the molecule is CCCc1cc(=O)n2nc(N3CCCC3c3c(C)nn(CC(C)C)c3Cl)sc2n1. The molecule has 156 valence electrons. The molecule has 29 heavy (non-hydrogen) atoms. The molecule has 1 aliphatic heterocycles. The maximum absolute atomic E-state index is 12.5. The quantitative estimate of drug-likeness (QED) is 0.579. The summed E-state index contributed by atoms with van der Waals surface area (Å²) < 4.78 is 3.33. The highest BCUT2D eigenvalue weighted by molar-refractivity contribution is 7.20. The van der Waals surface area contributed by atoms with Crippen molar-refractivity contribution in [2.45, 2.75) is 66.0 Å². The van der Waals surface area contributed by atoms with Crippen LogP contribution < -0.4 is 10.5 Å². The average molecular weight is 435 g/mol. The van der Waals surface area contributed by atoms with E-state index in [9.17, 15) is 4.79 Å². The van der Waals surface area contributed by atoms with Crippen LogP contribution in [0.4, 0.5) is 5.13 Å². The molecule has 3 aromatic heterocycles. The smallest absolute Gasteiger partial charge is 0.275 e. The molecular formula is C20H27ClN6OS. The Hall–Kier alpha value is -1.93. The highest BCUT2D eigenvalue weighted by Crippen LogP contribution is 2.41. The van der Waals surface area contributed by atoms with Gasteiger partial charge in [0.15, 0.2) is 0 Å². The first-order valence-electron chi connectivity index (χ1n) is 10.3. The number of anilines is 1. The van der Waals surface area contributed by atoms with Crippen LogP contribution in [0.25, 0.3) is 4.96 Å². The highest BCUT2D eigenvalue weighted by Gasteiger charge is 2.33. The molecule has 1 unspecified atom stereocenters. The monoisotopic (exact) mass is 434 g/mol. The molecule has 0 aliphatic carbocycles. The van der Waals surface area contributed by atoms with Crippen LogP contribution in [0.5, 0.6) is 0 Å². The molecule has 4 heterocycles. The number of hydrogen-bond donors (Lipinski definition) is 0. The summed E-state index contributed by atoms with van der Waals surface area (Å²) in [6.07, 6.45) is 3.80. The van der Waals surface area contributed by atoms with E-state index in [1.165, 1.54) is 15.9 Å².